The number of likely N-dealkylation sites (tertiary alicyclic amines) is 2. The summed E-state index contributed by atoms with van der Waals surface area (Å²) >= 11 is 0. The summed E-state index contributed by atoms with van der Waals surface area (Å²) in [5, 5.41) is 0. The Kier molecular flexibility index (Phi) is 6.43. The fraction of sp³-hybridized carbons (Fsp3) is 0.692. The van der Waals surface area contributed by atoms with Crippen LogP contribution in [0, 0.1) is 6.92 Å². The van der Waals surface area contributed by atoms with Crippen molar-refractivity contribution in [2.24, 2.45) is 0 Å². The molecule has 2 aliphatic heterocycles. The number of rotatable bonds is 5. The maximum absolute atomic E-state index is 12.7. The SMILES string of the molecule is CCOC(=O)N1C(C)CCC1CC(CC)N1CCC2(CC1)CC(=O)c1cc(C)ccc12. The van der Waals surface area contributed by atoms with Gasteiger partial charge in [-0.1, -0.05) is 24.6 Å². The Labute approximate surface area is 187 Å². The van der Waals surface area contributed by atoms with Crippen molar-refractivity contribution in [3.05, 3.63) is 34.9 Å². The first-order chi connectivity index (χ1) is 14.9. The molecule has 1 aromatic carbocycles. The van der Waals surface area contributed by atoms with Gasteiger partial charge in [-0.15, -0.1) is 0 Å². The molecule has 0 N–H and O–H groups in total. The van der Waals surface area contributed by atoms with Crippen LogP contribution in [0.4, 0.5) is 4.79 Å². The fourth-order valence-corrected chi connectivity index (χ4v) is 6.33. The van der Waals surface area contributed by atoms with E-state index in [0.29, 0.717) is 24.9 Å². The lowest BCUT2D eigenvalue weighted by Crippen LogP contribution is -2.49. The van der Waals surface area contributed by atoms with Crippen LogP contribution >= 0.6 is 0 Å². The maximum Gasteiger partial charge on any atom is 0.410 e. The van der Waals surface area contributed by atoms with Crippen LogP contribution in [0.2, 0.25) is 0 Å². The molecule has 5 heteroatoms. The van der Waals surface area contributed by atoms with Crippen LogP contribution < -0.4 is 0 Å². The van der Waals surface area contributed by atoms with Crippen LogP contribution in [0.3, 0.4) is 0 Å². The lowest BCUT2D eigenvalue weighted by Gasteiger charge is -2.44. The molecular weight excluding hydrogens is 388 g/mol. The van der Waals surface area contributed by atoms with Crippen LogP contribution in [-0.4, -0.2) is 59.5 Å². The first-order valence-electron chi connectivity index (χ1n) is 12.2. The number of carbonyl (C=O) groups is 2. The molecule has 0 aromatic heterocycles. The second-order valence-corrected chi connectivity index (χ2v) is 9.95. The predicted molar refractivity (Wildman–Crippen MR) is 123 cm³/mol. The van der Waals surface area contributed by atoms with Crippen molar-refractivity contribution in [3.63, 3.8) is 0 Å². The minimum absolute atomic E-state index is 0.0355. The number of nitrogens with zero attached hydrogens (tertiary/aromatic N) is 2. The summed E-state index contributed by atoms with van der Waals surface area (Å²) in [4.78, 5) is 29.8. The van der Waals surface area contributed by atoms with Gasteiger partial charge >= 0.3 is 6.09 Å². The van der Waals surface area contributed by atoms with Crippen molar-refractivity contribution in [2.75, 3.05) is 19.7 Å². The molecule has 3 aliphatic rings. The van der Waals surface area contributed by atoms with Gasteiger partial charge in [0.1, 0.15) is 0 Å². The largest absolute Gasteiger partial charge is 0.450 e. The molecule has 1 aliphatic carbocycles. The van der Waals surface area contributed by atoms with Crippen molar-refractivity contribution < 1.29 is 14.3 Å². The van der Waals surface area contributed by atoms with Crippen molar-refractivity contribution in [3.8, 4) is 0 Å². The van der Waals surface area contributed by atoms with Gasteiger partial charge in [-0.2, -0.15) is 0 Å². The number of amides is 1. The quantitative estimate of drug-likeness (QED) is 0.658. The van der Waals surface area contributed by atoms with Crippen molar-refractivity contribution in [1.29, 1.82) is 0 Å². The standard InChI is InChI=1S/C26H38N2O3/c1-5-20(16-21-9-8-19(4)28(21)25(30)31-6-2)27-13-11-26(12-14-27)17-24(29)22-15-18(3)7-10-23(22)26/h7,10,15,19-21H,5-6,8-9,11-14,16-17H2,1-4H3. The van der Waals surface area contributed by atoms with E-state index in [2.05, 4.69) is 43.9 Å². The summed E-state index contributed by atoms with van der Waals surface area (Å²) in [6.45, 7) is 10.8. The topological polar surface area (TPSA) is 49.9 Å². The number of piperidine rings is 1. The third-order valence-corrected chi connectivity index (χ3v) is 8.10. The Balaban J connectivity index is 1.42. The number of benzene rings is 1. The molecule has 170 valence electrons. The van der Waals surface area contributed by atoms with Gasteiger partial charge in [0.25, 0.3) is 0 Å². The molecule has 2 fully saturated rings. The molecule has 0 radical (unpaired) electrons. The van der Waals surface area contributed by atoms with E-state index in [4.69, 9.17) is 4.74 Å². The third-order valence-electron chi connectivity index (χ3n) is 8.10. The van der Waals surface area contributed by atoms with Crippen molar-refractivity contribution >= 4 is 11.9 Å². The molecule has 3 atom stereocenters. The van der Waals surface area contributed by atoms with E-state index in [1.54, 1.807) is 0 Å². The number of hydrogen-bond acceptors (Lipinski definition) is 4. The van der Waals surface area contributed by atoms with Gasteiger partial charge < -0.3 is 14.5 Å². The Hall–Kier alpha value is -1.88. The molecule has 1 aromatic rings. The second kappa shape index (κ2) is 8.93. The minimum atomic E-state index is -0.152. The van der Waals surface area contributed by atoms with Crippen molar-refractivity contribution in [2.45, 2.75) is 96.2 Å². The highest BCUT2D eigenvalue weighted by molar-refractivity contribution is 6.02. The Bertz CT molecular complexity index is 828. The Morgan fingerprint density at radius 3 is 2.65 bits per heavy atom. The maximum atomic E-state index is 12.7. The molecule has 31 heavy (non-hydrogen) atoms. The number of hydrogen-bond donors (Lipinski definition) is 0. The smallest absolute Gasteiger partial charge is 0.410 e. The monoisotopic (exact) mass is 426 g/mol. The first kappa shape index (κ1) is 22.3. The summed E-state index contributed by atoms with van der Waals surface area (Å²) < 4.78 is 5.34. The van der Waals surface area contributed by atoms with Gasteiger partial charge in [0.2, 0.25) is 0 Å². The summed E-state index contributed by atoms with van der Waals surface area (Å²) in [6.07, 6.45) is 6.85. The summed E-state index contributed by atoms with van der Waals surface area (Å²) in [5.41, 5.74) is 3.46. The van der Waals surface area contributed by atoms with Gasteiger partial charge in [0.15, 0.2) is 5.78 Å². The molecule has 1 spiro atoms. The Morgan fingerprint density at radius 2 is 1.97 bits per heavy atom. The first-order valence-corrected chi connectivity index (χ1v) is 12.2. The van der Waals surface area contributed by atoms with E-state index in [1.807, 2.05) is 11.8 Å². The molecule has 1 amide bonds. The van der Waals surface area contributed by atoms with Gasteiger partial charge in [-0.3, -0.25) is 4.79 Å². The van der Waals surface area contributed by atoms with Crippen LogP contribution in [-0.2, 0) is 10.2 Å². The highest BCUT2D eigenvalue weighted by Crippen LogP contribution is 2.47. The van der Waals surface area contributed by atoms with E-state index in [9.17, 15) is 9.59 Å². The van der Waals surface area contributed by atoms with Crippen molar-refractivity contribution in [1.82, 2.24) is 9.80 Å². The normalized spacial score (nSPS) is 26.3. The number of ketones is 1. The van der Waals surface area contributed by atoms with Gasteiger partial charge in [0.05, 0.1) is 6.61 Å². The number of ether oxygens (including phenoxy) is 1. The van der Waals surface area contributed by atoms with Gasteiger partial charge in [-0.25, -0.2) is 4.79 Å². The summed E-state index contributed by atoms with van der Waals surface area (Å²) in [7, 11) is 0. The molecule has 4 rings (SSSR count). The lowest BCUT2D eigenvalue weighted by molar-refractivity contribution is 0.0659. The zero-order valence-electron chi connectivity index (χ0n) is 19.7. The Morgan fingerprint density at radius 1 is 1.23 bits per heavy atom. The van der Waals surface area contributed by atoms with Crippen LogP contribution in [0.5, 0.6) is 0 Å². The molecule has 3 unspecified atom stereocenters. The zero-order chi connectivity index (χ0) is 22.2. The summed E-state index contributed by atoms with van der Waals surface area (Å²) in [5.74, 6) is 0.323. The third kappa shape index (κ3) is 4.13. The number of carbonyl (C=O) groups excluding carboxylic acids is 2. The second-order valence-electron chi connectivity index (χ2n) is 9.95. The number of fused-ring (bicyclic) bond motifs is 2. The molecule has 2 saturated heterocycles. The minimum Gasteiger partial charge on any atom is -0.450 e. The van der Waals surface area contributed by atoms with Crippen LogP contribution in [0.15, 0.2) is 18.2 Å². The highest BCUT2D eigenvalue weighted by atomic mass is 16.6. The number of Topliss-reactive ketones (excluding diaryl/α,β-unsaturated/α-hetero) is 1. The van der Waals surface area contributed by atoms with E-state index < -0.39 is 0 Å². The average Bonchev–Trinajstić information content (AvgIpc) is 3.24. The summed E-state index contributed by atoms with van der Waals surface area (Å²) in [6, 6.07) is 7.45. The van der Waals surface area contributed by atoms with E-state index in [1.165, 1.54) is 11.1 Å². The number of aryl methyl sites for hydroxylation is 1. The molecule has 0 saturated carbocycles. The molecule has 2 heterocycles. The lowest BCUT2D eigenvalue weighted by atomic mass is 9.73. The molecule has 0 bridgehead atoms. The van der Waals surface area contributed by atoms with E-state index in [-0.39, 0.29) is 23.6 Å². The van der Waals surface area contributed by atoms with E-state index >= 15 is 0 Å². The van der Waals surface area contributed by atoms with Crippen LogP contribution in [0.25, 0.3) is 0 Å². The average molecular weight is 427 g/mol. The van der Waals surface area contributed by atoms with Gasteiger partial charge in [-0.05, 0) is 84.0 Å². The zero-order valence-corrected chi connectivity index (χ0v) is 19.7. The van der Waals surface area contributed by atoms with E-state index in [0.717, 1.165) is 57.2 Å². The fourth-order valence-electron chi connectivity index (χ4n) is 6.33. The highest BCUT2D eigenvalue weighted by Gasteiger charge is 2.46. The van der Waals surface area contributed by atoms with Crippen LogP contribution in [0.1, 0.15) is 87.2 Å². The van der Waals surface area contributed by atoms with Gasteiger partial charge in [0, 0.05) is 35.5 Å². The molecule has 5 nitrogen and oxygen atoms in total. The predicted octanol–water partition coefficient (Wildman–Crippen LogP) is 5.09. The molecular formula is C26H38N2O3.